The predicted molar refractivity (Wildman–Crippen MR) is 132 cm³/mol. The lowest BCUT2D eigenvalue weighted by molar-refractivity contribution is -0.137. The highest BCUT2D eigenvalue weighted by molar-refractivity contribution is 6.11. The molecule has 1 fully saturated rings. The van der Waals surface area contributed by atoms with Gasteiger partial charge in [-0.3, -0.25) is 9.69 Å². The monoisotopic (exact) mass is 477 g/mol. The number of fused-ring (bicyclic) bond motifs is 1. The van der Waals surface area contributed by atoms with Crippen LogP contribution in [-0.2, 0) is 6.18 Å². The Morgan fingerprint density at radius 2 is 1.57 bits per heavy atom. The van der Waals surface area contributed by atoms with E-state index in [4.69, 9.17) is 0 Å². The van der Waals surface area contributed by atoms with Crippen LogP contribution in [0.15, 0.2) is 78.9 Å². The van der Waals surface area contributed by atoms with E-state index >= 15 is 0 Å². The number of alkyl halides is 3. The molecule has 0 amide bonds. The van der Waals surface area contributed by atoms with Gasteiger partial charge in [0.2, 0.25) is 0 Å². The molecule has 0 bridgehead atoms. The third-order valence-corrected chi connectivity index (χ3v) is 6.72. The number of halogens is 3. The van der Waals surface area contributed by atoms with E-state index in [0.717, 1.165) is 28.2 Å². The summed E-state index contributed by atoms with van der Waals surface area (Å²) in [5, 5.41) is 0.901. The molecule has 180 valence electrons. The molecule has 2 heterocycles. The summed E-state index contributed by atoms with van der Waals surface area (Å²) >= 11 is 0. The Kier molecular flexibility index (Phi) is 6.11. The molecule has 4 aromatic rings. The number of nitrogens with zero attached hydrogens (tertiary/aromatic N) is 2. The number of aryl methyl sites for hydroxylation is 1. The van der Waals surface area contributed by atoms with Gasteiger partial charge in [0.25, 0.3) is 0 Å². The van der Waals surface area contributed by atoms with Gasteiger partial charge in [0.05, 0.1) is 11.6 Å². The summed E-state index contributed by atoms with van der Waals surface area (Å²) in [5.41, 5.74) is 3.26. The number of piperazine rings is 1. The van der Waals surface area contributed by atoms with Crippen LogP contribution < -0.4 is 4.90 Å². The standard InChI is InChI=1S/C28H26F3N3O/c1-19-25(23-12-5-6-13-24(23)32-19)27(35)26(20-8-3-2-4-9-20)34-16-14-33(15-17-34)22-11-7-10-21(18-22)28(29,30)31/h2-13,18,26,32H,14-17H2,1H3/t26-/m1/s1. The van der Waals surface area contributed by atoms with Crippen LogP contribution in [0.2, 0.25) is 0 Å². The fourth-order valence-corrected chi connectivity index (χ4v) is 5.01. The van der Waals surface area contributed by atoms with E-state index in [2.05, 4.69) is 9.88 Å². The van der Waals surface area contributed by atoms with E-state index in [1.165, 1.54) is 12.1 Å². The smallest absolute Gasteiger partial charge is 0.369 e. The number of benzene rings is 3. The summed E-state index contributed by atoms with van der Waals surface area (Å²) in [6.07, 6.45) is -4.38. The maximum atomic E-state index is 14.0. The molecule has 3 aromatic carbocycles. The van der Waals surface area contributed by atoms with Gasteiger partial charge in [-0.15, -0.1) is 0 Å². The van der Waals surface area contributed by atoms with Crippen molar-refractivity contribution in [2.24, 2.45) is 0 Å². The van der Waals surface area contributed by atoms with Gasteiger partial charge in [-0.2, -0.15) is 13.2 Å². The molecule has 0 spiro atoms. The van der Waals surface area contributed by atoms with E-state index in [-0.39, 0.29) is 5.78 Å². The number of carbonyl (C=O) groups excluding carboxylic acids is 1. The number of H-pyrrole nitrogens is 1. The number of hydrogen-bond donors (Lipinski definition) is 1. The number of hydrogen-bond acceptors (Lipinski definition) is 3. The van der Waals surface area contributed by atoms with E-state index in [9.17, 15) is 18.0 Å². The van der Waals surface area contributed by atoms with Crippen molar-refractivity contribution in [2.75, 3.05) is 31.1 Å². The van der Waals surface area contributed by atoms with E-state index in [1.54, 1.807) is 6.07 Å². The number of para-hydroxylation sites is 1. The largest absolute Gasteiger partial charge is 0.416 e. The molecule has 1 N–H and O–H groups in total. The SMILES string of the molecule is Cc1[nH]c2ccccc2c1C(=O)[C@@H](c1ccccc1)N1CCN(c2cccc(C(F)(F)F)c2)CC1. The fraction of sp³-hybridized carbons (Fsp3) is 0.250. The molecule has 0 aliphatic carbocycles. The van der Waals surface area contributed by atoms with E-state index in [0.29, 0.717) is 37.4 Å². The summed E-state index contributed by atoms with van der Waals surface area (Å²) in [6, 6.07) is 22.5. The third kappa shape index (κ3) is 4.56. The predicted octanol–water partition coefficient (Wildman–Crippen LogP) is 6.24. The highest BCUT2D eigenvalue weighted by atomic mass is 19.4. The van der Waals surface area contributed by atoms with Gasteiger partial charge in [-0.1, -0.05) is 54.6 Å². The maximum Gasteiger partial charge on any atom is 0.416 e. The molecule has 4 nitrogen and oxygen atoms in total. The number of anilines is 1. The van der Waals surface area contributed by atoms with Crippen molar-refractivity contribution >= 4 is 22.4 Å². The number of carbonyl (C=O) groups is 1. The summed E-state index contributed by atoms with van der Waals surface area (Å²) in [7, 11) is 0. The number of rotatable bonds is 5. The molecule has 0 unspecified atom stereocenters. The topological polar surface area (TPSA) is 39.3 Å². The first kappa shape index (κ1) is 23.2. The van der Waals surface area contributed by atoms with Crippen molar-refractivity contribution in [1.29, 1.82) is 0 Å². The highest BCUT2D eigenvalue weighted by Crippen LogP contribution is 2.34. The number of ketones is 1. The van der Waals surface area contributed by atoms with Gasteiger partial charge in [-0.25, -0.2) is 0 Å². The minimum Gasteiger partial charge on any atom is -0.369 e. The molecular weight excluding hydrogens is 451 g/mol. The average molecular weight is 478 g/mol. The van der Waals surface area contributed by atoms with E-state index in [1.807, 2.05) is 66.4 Å². The highest BCUT2D eigenvalue weighted by Gasteiger charge is 2.34. The average Bonchev–Trinajstić information content (AvgIpc) is 3.20. The summed E-state index contributed by atoms with van der Waals surface area (Å²) in [4.78, 5) is 21.5. The first-order valence-corrected chi connectivity index (χ1v) is 11.7. The summed E-state index contributed by atoms with van der Waals surface area (Å²) in [5.74, 6) is 0.0265. The normalized spacial score (nSPS) is 15.9. The van der Waals surface area contributed by atoms with Gasteiger partial charge in [-0.05, 0) is 36.8 Å². The molecular formula is C28H26F3N3O. The van der Waals surface area contributed by atoms with Crippen molar-refractivity contribution in [1.82, 2.24) is 9.88 Å². The van der Waals surface area contributed by atoms with Crippen LogP contribution in [0.25, 0.3) is 10.9 Å². The minimum atomic E-state index is -4.38. The van der Waals surface area contributed by atoms with Crippen LogP contribution in [-0.4, -0.2) is 41.8 Å². The Bertz CT molecular complexity index is 1340. The van der Waals surface area contributed by atoms with Crippen LogP contribution in [0.4, 0.5) is 18.9 Å². The Labute approximate surface area is 202 Å². The molecule has 0 saturated carbocycles. The molecule has 1 aromatic heterocycles. The second-order valence-electron chi connectivity index (χ2n) is 8.92. The van der Waals surface area contributed by atoms with Crippen molar-refractivity contribution in [3.63, 3.8) is 0 Å². The lowest BCUT2D eigenvalue weighted by Crippen LogP contribution is -2.49. The first-order chi connectivity index (χ1) is 16.8. The van der Waals surface area contributed by atoms with Crippen LogP contribution >= 0.6 is 0 Å². The maximum absolute atomic E-state index is 14.0. The van der Waals surface area contributed by atoms with Crippen LogP contribution in [0.5, 0.6) is 0 Å². The van der Waals surface area contributed by atoms with Gasteiger partial charge < -0.3 is 9.88 Å². The van der Waals surface area contributed by atoms with Crippen molar-refractivity contribution in [3.8, 4) is 0 Å². The quantitative estimate of drug-likeness (QED) is 0.346. The van der Waals surface area contributed by atoms with Crippen LogP contribution in [0.3, 0.4) is 0 Å². The molecule has 35 heavy (non-hydrogen) atoms. The molecule has 1 aliphatic rings. The minimum absolute atomic E-state index is 0.0265. The summed E-state index contributed by atoms with van der Waals surface area (Å²) < 4.78 is 39.6. The number of aromatic amines is 1. The Balaban J connectivity index is 1.43. The Morgan fingerprint density at radius 3 is 2.29 bits per heavy atom. The van der Waals surface area contributed by atoms with E-state index < -0.39 is 17.8 Å². The van der Waals surface area contributed by atoms with Crippen molar-refractivity contribution in [2.45, 2.75) is 19.1 Å². The molecule has 5 rings (SSSR count). The third-order valence-electron chi connectivity index (χ3n) is 6.72. The molecule has 1 aliphatic heterocycles. The first-order valence-electron chi connectivity index (χ1n) is 11.7. The number of aromatic nitrogens is 1. The zero-order valence-electron chi connectivity index (χ0n) is 19.3. The zero-order chi connectivity index (χ0) is 24.6. The van der Waals surface area contributed by atoms with Gasteiger partial charge >= 0.3 is 6.18 Å². The van der Waals surface area contributed by atoms with Crippen LogP contribution in [0, 0.1) is 6.92 Å². The van der Waals surface area contributed by atoms with Gasteiger partial charge in [0, 0.05) is 54.0 Å². The second kappa shape index (κ2) is 9.23. The van der Waals surface area contributed by atoms with Crippen molar-refractivity contribution < 1.29 is 18.0 Å². The Hall–Kier alpha value is -3.58. The molecule has 7 heteroatoms. The van der Waals surface area contributed by atoms with Gasteiger partial charge in [0.1, 0.15) is 0 Å². The lowest BCUT2D eigenvalue weighted by atomic mass is 9.93. The summed E-state index contributed by atoms with van der Waals surface area (Å²) in [6.45, 7) is 4.10. The number of Topliss-reactive ketones (excluding diaryl/α,β-unsaturated/α-hetero) is 1. The Morgan fingerprint density at radius 1 is 0.886 bits per heavy atom. The second-order valence-corrected chi connectivity index (χ2v) is 8.92. The lowest BCUT2D eigenvalue weighted by Gasteiger charge is -2.40. The fourth-order valence-electron chi connectivity index (χ4n) is 5.01. The van der Waals surface area contributed by atoms with Gasteiger partial charge in [0.15, 0.2) is 5.78 Å². The number of nitrogens with one attached hydrogen (secondary N) is 1. The molecule has 1 saturated heterocycles. The zero-order valence-corrected chi connectivity index (χ0v) is 19.3. The molecule has 0 radical (unpaired) electrons. The van der Waals surface area contributed by atoms with Crippen LogP contribution in [0.1, 0.15) is 33.2 Å². The molecule has 1 atom stereocenters. The van der Waals surface area contributed by atoms with Crippen molar-refractivity contribution in [3.05, 3.63) is 101 Å².